The summed E-state index contributed by atoms with van der Waals surface area (Å²) in [6, 6.07) is 9.74. The number of hydrogen-bond acceptors (Lipinski definition) is 3. The minimum Gasteiger partial charge on any atom is -0.339 e. The van der Waals surface area contributed by atoms with E-state index in [9.17, 15) is 13.6 Å². The molecule has 1 aliphatic heterocycles. The van der Waals surface area contributed by atoms with Crippen LogP contribution in [0.4, 0.5) is 8.78 Å². The van der Waals surface area contributed by atoms with Gasteiger partial charge in [-0.1, -0.05) is 29.8 Å². The number of carbonyl (C=O) groups is 1. The Morgan fingerprint density at radius 2 is 1.88 bits per heavy atom. The summed E-state index contributed by atoms with van der Waals surface area (Å²) < 4.78 is 27.2. The molecule has 0 atom stereocenters. The van der Waals surface area contributed by atoms with Gasteiger partial charge in [0, 0.05) is 32.7 Å². The summed E-state index contributed by atoms with van der Waals surface area (Å²) in [7, 11) is 0. The Bertz CT molecular complexity index is 767. The first-order valence-electron chi connectivity index (χ1n) is 8.80. The Morgan fingerprint density at radius 3 is 2.54 bits per heavy atom. The second-order valence-corrected chi connectivity index (χ2v) is 6.81. The molecule has 1 aromatic carbocycles. The highest BCUT2D eigenvalue weighted by atomic mass is 19.3. The highest BCUT2D eigenvalue weighted by molar-refractivity contribution is 5.76. The molecule has 0 radical (unpaired) electrons. The second-order valence-electron chi connectivity index (χ2n) is 6.81. The van der Waals surface area contributed by atoms with E-state index < -0.39 is 6.43 Å². The fourth-order valence-corrected chi connectivity index (χ4v) is 3.32. The number of piperazine rings is 1. The summed E-state index contributed by atoms with van der Waals surface area (Å²) >= 11 is 0. The van der Waals surface area contributed by atoms with Gasteiger partial charge < -0.3 is 4.90 Å². The van der Waals surface area contributed by atoms with Crippen LogP contribution in [0, 0.1) is 13.8 Å². The fourth-order valence-electron chi connectivity index (χ4n) is 3.32. The predicted molar refractivity (Wildman–Crippen MR) is 95.0 cm³/mol. The number of aryl methyl sites for hydroxylation is 2. The third-order valence-electron chi connectivity index (χ3n) is 4.66. The topological polar surface area (TPSA) is 41.4 Å². The zero-order valence-electron chi connectivity index (χ0n) is 15.2. The summed E-state index contributed by atoms with van der Waals surface area (Å²) in [6.07, 6.45) is -2.63. The first-order chi connectivity index (χ1) is 12.4. The van der Waals surface area contributed by atoms with Crippen molar-refractivity contribution in [1.82, 2.24) is 19.6 Å². The zero-order valence-corrected chi connectivity index (χ0v) is 15.2. The number of nitrogens with zero attached hydrogens (tertiary/aromatic N) is 4. The molecule has 1 aromatic heterocycles. The van der Waals surface area contributed by atoms with E-state index in [1.54, 1.807) is 11.8 Å². The van der Waals surface area contributed by atoms with Crippen molar-refractivity contribution in [2.75, 3.05) is 26.2 Å². The summed E-state index contributed by atoms with van der Waals surface area (Å²) in [6.45, 7) is 7.22. The maximum absolute atomic E-state index is 13.0. The Balaban J connectivity index is 1.54. The van der Waals surface area contributed by atoms with Crippen molar-refractivity contribution in [2.24, 2.45) is 0 Å². The van der Waals surface area contributed by atoms with Crippen LogP contribution in [0.25, 0.3) is 0 Å². The lowest BCUT2D eigenvalue weighted by Gasteiger charge is -2.34. The molecular weight excluding hydrogens is 338 g/mol. The molecule has 0 bridgehead atoms. The largest absolute Gasteiger partial charge is 0.339 e. The standard InChI is InChI=1S/C19H24F2N4O/c1-14-4-3-5-16(10-14)12-23-6-8-24(9-7-23)18(26)13-25-17(19(20)21)11-15(2)22-25/h3-5,10-11,19H,6-9,12-13H2,1-2H3. The smallest absolute Gasteiger partial charge is 0.280 e. The zero-order chi connectivity index (χ0) is 18.7. The minimum absolute atomic E-state index is 0.134. The monoisotopic (exact) mass is 362 g/mol. The first-order valence-corrected chi connectivity index (χ1v) is 8.80. The number of alkyl halides is 2. The van der Waals surface area contributed by atoms with Gasteiger partial charge in [-0.05, 0) is 25.5 Å². The van der Waals surface area contributed by atoms with Gasteiger partial charge in [0.2, 0.25) is 5.91 Å². The molecule has 3 rings (SSSR count). The van der Waals surface area contributed by atoms with Gasteiger partial charge in [-0.2, -0.15) is 5.10 Å². The molecule has 1 aliphatic rings. The Hall–Kier alpha value is -2.28. The average molecular weight is 362 g/mol. The molecule has 1 fully saturated rings. The minimum atomic E-state index is -2.63. The van der Waals surface area contributed by atoms with Crippen molar-refractivity contribution in [1.29, 1.82) is 0 Å². The molecule has 0 unspecified atom stereocenters. The number of rotatable bonds is 5. The van der Waals surface area contributed by atoms with Gasteiger partial charge in [-0.15, -0.1) is 0 Å². The highest BCUT2D eigenvalue weighted by Crippen LogP contribution is 2.20. The van der Waals surface area contributed by atoms with E-state index in [2.05, 4.69) is 41.2 Å². The lowest BCUT2D eigenvalue weighted by Crippen LogP contribution is -2.49. The molecule has 5 nitrogen and oxygen atoms in total. The quantitative estimate of drug-likeness (QED) is 0.821. The molecule has 0 N–H and O–H groups in total. The van der Waals surface area contributed by atoms with E-state index in [-0.39, 0.29) is 18.1 Å². The van der Waals surface area contributed by atoms with Crippen molar-refractivity contribution >= 4 is 5.91 Å². The first kappa shape index (κ1) is 18.5. The van der Waals surface area contributed by atoms with Gasteiger partial charge >= 0.3 is 0 Å². The maximum atomic E-state index is 13.0. The van der Waals surface area contributed by atoms with Gasteiger partial charge in [-0.3, -0.25) is 14.4 Å². The Kier molecular flexibility index (Phi) is 5.66. The van der Waals surface area contributed by atoms with E-state index in [0.29, 0.717) is 18.8 Å². The molecule has 140 valence electrons. The normalized spacial score (nSPS) is 15.7. The summed E-state index contributed by atoms with van der Waals surface area (Å²) in [5.74, 6) is -0.162. The third-order valence-corrected chi connectivity index (χ3v) is 4.66. The van der Waals surface area contributed by atoms with Gasteiger partial charge in [0.25, 0.3) is 6.43 Å². The van der Waals surface area contributed by atoms with Crippen LogP contribution in [-0.2, 0) is 17.9 Å². The van der Waals surface area contributed by atoms with Crippen LogP contribution in [0.5, 0.6) is 0 Å². The SMILES string of the molecule is Cc1cccc(CN2CCN(C(=O)Cn3nc(C)cc3C(F)F)CC2)c1. The van der Waals surface area contributed by atoms with Crippen LogP contribution >= 0.6 is 0 Å². The van der Waals surface area contributed by atoms with Crippen LogP contribution < -0.4 is 0 Å². The fraction of sp³-hybridized carbons (Fsp3) is 0.474. The molecule has 0 aliphatic carbocycles. The number of halogens is 2. The van der Waals surface area contributed by atoms with Gasteiger partial charge in [0.05, 0.1) is 5.69 Å². The molecule has 0 saturated carbocycles. The van der Waals surface area contributed by atoms with Crippen LogP contribution in [-0.4, -0.2) is 51.7 Å². The number of hydrogen-bond donors (Lipinski definition) is 0. The molecule has 1 saturated heterocycles. The Morgan fingerprint density at radius 1 is 1.15 bits per heavy atom. The molecule has 26 heavy (non-hydrogen) atoms. The number of carbonyl (C=O) groups excluding carboxylic acids is 1. The summed E-state index contributed by atoms with van der Waals surface area (Å²) in [4.78, 5) is 16.5. The predicted octanol–water partition coefficient (Wildman–Crippen LogP) is 2.78. The molecule has 7 heteroatoms. The van der Waals surface area contributed by atoms with Crippen LogP contribution in [0.1, 0.15) is 28.9 Å². The lowest BCUT2D eigenvalue weighted by atomic mass is 10.1. The van der Waals surface area contributed by atoms with Crippen LogP contribution in [0.15, 0.2) is 30.3 Å². The van der Waals surface area contributed by atoms with E-state index >= 15 is 0 Å². The van der Waals surface area contributed by atoms with Crippen molar-refractivity contribution in [3.8, 4) is 0 Å². The third kappa shape index (κ3) is 4.46. The molecule has 0 spiro atoms. The van der Waals surface area contributed by atoms with E-state index in [1.165, 1.54) is 17.2 Å². The number of amides is 1. The van der Waals surface area contributed by atoms with E-state index in [0.717, 1.165) is 24.3 Å². The molecular formula is C19H24F2N4O. The summed E-state index contributed by atoms with van der Waals surface area (Å²) in [5.41, 5.74) is 2.80. The highest BCUT2D eigenvalue weighted by Gasteiger charge is 2.23. The van der Waals surface area contributed by atoms with Crippen molar-refractivity contribution in [3.05, 3.63) is 52.8 Å². The van der Waals surface area contributed by atoms with Gasteiger partial charge in [-0.25, -0.2) is 8.78 Å². The van der Waals surface area contributed by atoms with Crippen molar-refractivity contribution in [3.63, 3.8) is 0 Å². The second kappa shape index (κ2) is 7.95. The van der Waals surface area contributed by atoms with Gasteiger partial charge in [0.15, 0.2) is 0 Å². The number of aromatic nitrogens is 2. The Labute approximate surface area is 152 Å². The van der Waals surface area contributed by atoms with E-state index in [1.807, 2.05) is 0 Å². The number of benzene rings is 1. The van der Waals surface area contributed by atoms with Crippen LogP contribution in [0.3, 0.4) is 0 Å². The van der Waals surface area contributed by atoms with E-state index in [4.69, 9.17) is 0 Å². The maximum Gasteiger partial charge on any atom is 0.280 e. The molecule has 2 aromatic rings. The average Bonchev–Trinajstić information content (AvgIpc) is 2.96. The van der Waals surface area contributed by atoms with Crippen LogP contribution in [0.2, 0.25) is 0 Å². The van der Waals surface area contributed by atoms with Crippen molar-refractivity contribution in [2.45, 2.75) is 33.4 Å². The summed E-state index contributed by atoms with van der Waals surface area (Å²) in [5, 5.41) is 4.02. The van der Waals surface area contributed by atoms with Crippen molar-refractivity contribution < 1.29 is 13.6 Å². The van der Waals surface area contributed by atoms with Gasteiger partial charge in [0.1, 0.15) is 12.2 Å². The molecule has 1 amide bonds. The molecule has 2 heterocycles. The lowest BCUT2D eigenvalue weighted by molar-refractivity contribution is -0.134.